The van der Waals surface area contributed by atoms with Crippen LogP contribution in [0.5, 0.6) is 0 Å². The molecular formula is C10H18O3. The number of esters is 1. The van der Waals surface area contributed by atoms with Gasteiger partial charge in [-0.3, -0.25) is 0 Å². The van der Waals surface area contributed by atoms with Gasteiger partial charge in [-0.1, -0.05) is 6.42 Å². The Morgan fingerprint density at radius 1 is 1.31 bits per heavy atom. The van der Waals surface area contributed by atoms with Gasteiger partial charge in [-0.25, -0.2) is 4.79 Å². The lowest BCUT2D eigenvalue weighted by Crippen LogP contribution is -2.23. The highest BCUT2D eigenvalue weighted by Crippen LogP contribution is 2.20. The van der Waals surface area contributed by atoms with Crippen molar-refractivity contribution in [2.24, 2.45) is 0 Å². The van der Waals surface area contributed by atoms with E-state index in [1.54, 1.807) is 0 Å². The second-order valence-electron chi connectivity index (χ2n) is 3.39. The normalized spacial score (nSPS) is 18.5. The van der Waals surface area contributed by atoms with Gasteiger partial charge in [0.2, 0.25) is 0 Å². The van der Waals surface area contributed by atoms with Crippen LogP contribution in [0.4, 0.5) is 0 Å². The number of hydrogen-bond donors (Lipinski definition) is 0. The summed E-state index contributed by atoms with van der Waals surface area (Å²) < 4.78 is 10.2. The van der Waals surface area contributed by atoms with E-state index in [4.69, 9.17) is 9.47 Å². The van der Waals surface area contributed by atoms with Gasteiger partial charge in [-0.15, -0.1) is 0 Å². The van der Waals surface area contributed by atoms with Crippen molar-refractivity contribution in [2.75, 3.05) is 13.2 Å². The van der Waals surface area contributed by atoms with Gasteiger partial charge >= 0.3 is 5.97 Å². The molecule has 0 heterocycles. The molecule has 0 atom stereocenters. The number of carbonyl (C=O) groups excluding carboxylic acids is 1. The lowest BCUT2D eigenvalue weighted by molar-refractivity contribution is -0.155. The van der Waals surface area contributed by atoms with E-state index in [0.29, 0.717) is 6.61 Å². The van der Waals surface area contributed by atoms with Crippen LogP contribution in [-0.4, -0.2) is 25.3 Å². The van der Waals surface area contributed by atoms with Crippen LogP contribution in [0, 0.1) is 0 Å². The Hall–Kier alpha value is -0.570. The highest BCUT2D eigenvalue weighted by atomic mass is 16.6. The van der Waals surface area contributed by atoms with Gasteiger partial charge in [0, 0.05) is 6.61 Å². The molecule has 76 valence electrons. The number of ether oxygens (including phenoxy) is 2. The molecule has 0 bridgehead atoms. The van der Waals surface area contributed by atoms with Crippen molar-refractivity contribution in [3.8, 4) is 0 Å². The summed E-state index contributed by atoms with van der Waals surface area (Å²) in [5.41, 5.74) is 0. The van der Waals surface area contributed by atoms with E-state index in [0.717, 1.165) is 12.8 Å². The summed E-state index contributed by atoms with van der Waals surface area (Å²) >= 11 is 0. The summed E-state index contributed by atoms with van der Waals surface area (Å²) in [7, 11) is 0. The van der Waals surface area contributed by atoms with Crippen molar-refractivity contribution in [1.82, 2.24) is 0 Å². The fourth-order valence-corrected chi connectivity index (χ4v) is 1.59. The van der Waals surface area contributed by atoms with Crippen molar-refractivity contribution in [3.63, 3.8) is 0 Å². The summed E-state index contributed by atoms with van der Waals surface area (Å²) in [6.07, 6.45) is 5.86. The molecule has 0 aromatic carbocycles. The summed E-state index contributed by atoms with van der Waals surface area (Å²) in [5.74, 6) is -0.214. The molecule has 0 aromatic rings. The van der Waals surface area contributed by atoms with Crippen LogP contribution >= 0.6 is 0 Å². The first-order valence-electron chi connectivity index (χ1n) is 5.10. The number of carbonyl (C=O) groups is 1. The molecule has 1 fully saturated rings. The van der Waals surface area contributed by atoms with Crippen LogP contribution in [-0.2, 0) is 14.3 Å². The van der Waals surface area contributed by atoms with Crippen LogP contribution in [0.3, 0.4) is 0 Å². The van der Waals surface area contributed by atoms with E-state index in [9.17, 15) is 4.79 Å². The molecule has 3 nitrogen and oxygen atoms in total. The molecule has 0 spiro atoms. The first kappa shape index (κ1) is 10.5. The SMILES string of the molecule is CCOCC(=O)OC1CCCCC1. The van der Waals surface area contributed by atoms with Crippen LogP contribution in [0.15, 0.2) is 0 Å². The molecule has 0 radical (unpaired) electrons. The molecule has 0 amide bonds. The molecule has 1 aliphatic carbocycles. The summed E-state index contributed by atoms with van der Waals surface area (Å²) in [5, 5.41) is 0. The molecule has 3 heteroatoms. The van der Waals surface area contributed by atoms with Crippen molar-refractivity contribution in [2.45, 2.75) is 45.1 Å². The minimum atomic E-state index is -0.214. The van der Waals surface area contributed by atoms with E-state index in [2.05, 4.69) is 0 Å². The minimum Gasteiger partial charge on any atom is -0.461 e. The van der Waals surface area contributed by atoms with Gasteiger partial charge < -0.3 is 9.47 Å². The maximum Gasteiger partial charge on any atom is 0.332 e. The molecule has 13 heavy (non-hydrogen) atoms. The lowest BCUT2D eigenvalue weighted by Gasteiger charge is -2.21. The fourth-order valence-electron chi connectivity index (χ4n) is 1.59. The Kier molecular flexibility index (Phi) is 4.83. The van der Waals surface area contributed by atoms with Crippen LogP contribution in [0.25, 0.3) is 0 Å². The third kappa shape index (κ3) is 4.27. The quantitative estimate of drug-likeness (QED) is 0.629. The van der Waals surface area contributed by atoms with Crippen LogP contribution < -0.4 is 0 Å². The first-order chi connectivity index (χ1) is 6.33. The third-order valence-electron chi connectivity index (χ3n) is 2.27. The standard InChI is InChI=1S/C10H18O3/c1-2-12-8-10(11)13-9-6-4-3-5-7-9/h9H,2-8H2,1H3. The average molecular weight is 186 g/mol. The monoisotopic (exact) mass is 186 g/mol. The molecular weight excluding hydrogens is 168 g/mol. The van der Waals surface area contributed by atoms with Crippen molar-refractivity contribution >= 4 is 5.97 Å². The van der Waals surface area contributed by atoms with E-state index in [-0.39, 0.29) is 18.7 Å². The smallest absolute Gasteiger partial charge is 0.332 e. The van der Waals surface area contributed by atoms with Gasteiger partial charge in [-0.2, -0.15) is 0 Å². The molecule has 0 aliphatic heterocycles. The minimum absolute atomic E-state index is 0.104. The maximum absolute atomic E-state index is 11.1. The summed E-state index contributed by atoms with van der Waals surface area (Å²) in [4.78, 5) is 11.1. The van der Waals surface area contributed by atoms with Gasteiger partial charge in [0.25, 0.3) is 0 Å². The van der Waals surface area contributed by atoms with E-state index in [1.165, 1.54) is 19.3 Å². The topological polar surface area (TPSA) is 35.5 Å². The highest BCUT2D eigenvalue weighted by molar-refractivity contribution is 5.70. The van der Waals surface area contributed by atoms with Gasteiger partial charge in [-0.05, 0) is 32.6 Å². The number of rotatable bonds is 4. The second kappa shape index (κ2) is 5.97. The predicted octanol–water partition coefficient (Wildman–Crippen LogP) is 1.90. The molecule has 0 unspecified atom stereocenters. The Labute approximate surface area is 79.4 Å². The molecule has 0 N–H and O–H groups in total. The average Bonchev–Trinajstić information content (AvgIpc) is 2.16. The summed E-state index contributed by atoms with van der Waals surface area (Å²) in [6.45, 7) is 2.54. The van der Waals surface area contributed by atoms with Gasteiger partial charge in [0.1, 0.15) is 12.7 Å². The maximum atomic E-state index is 11.1. The largest absolute Gasteiger partial charge is 0.461 e. The Morgan fingerprint density at radius 2 is 2.00 bits per heavy atom. The van der Waals surface area contributed by atoms with Crippen molar-refractivity contribution in [1.29, 1.82) is 0 Å². The predicted molar refractivity (Wildman–Crippen MR) is 49.5 cm³/mol. The summed E-state index contributed by atoms with van der Waals surface area (Å²) in [6, 6.07) is 0. The first-order valence-corrected chi connectivity index (χ1v) is 5.10. The zero-order valence-corrected chi connectivity index (χ0v) is 8.25. The van der Waals surface area contributed by atoms with Crippen molar-refractivity contribution < 1.29 is 14.3 Å². The van der Waals surface area contributed by atoms with E-state index >= 15 is 0 Å². The highest BCUT2D eigenvalue weighted by Gasteiger charge is 2.17. The van der Waals surface area contributed by atoms with E-state index in [1.807, 2.05) is 6.92 Å². The molecule has 0 aromatic heterocycles. The zero-order valence-electron chi connectivity index (χ0n) is 8.25. The molecule has 1 saturated carbocycles. The van der Waals surface area contributed by atoms with Crippen LogP contribution in [0.2, 0.25) is 0 Å². The second-order valence-corrected chi connectivity index (χ2v) is 3.39. The number of hydrogen-bond acceptors (Lipinski definition) is 3. The Bertz CT molecular complexity index is 150. The molecule has 1 rings (SSSR count). The molecule has 1 aliphatic rings. The van der Waals surface area contributed by atoms with E-state index < -0.39 is 0 Å². The lowest BCUT2D eigenvalue weighted by atomic mass is 9.98. The van der Waals surface area contributed by atoms with Crippen molar-refractivity contribution in [3.05, 3.63) is 0 Å². The zero-order chi connectivity index (χ0) is 9.52. The third-order valence-corrected chi connectivity index (χ3v) is 2.27. The molecule has 0 saturated heterocycles. The van der Waals surface area contributed by atoms with Crippen LogP contribution in [0.1, 0.15) is 39.0 Å². The Morgan fingerprint density at radius 3 is 2.62 bits per heavy atom. The Balaban J connectivity index is 2.11. The van der Waals surface area contributed by atoms with Gasteiger partial charge in [0.15, 0.2) is 0 Å². The fraction of sp³-hybridized carbons (Fsp3) is 0.900. The van der Waals surface area contributed by atoms with Gasteiger partial charge in [0.05, 0.1) is 0 Å².